The van der Waals surface area contributed by atoms with E-state index in [4.69, 9.17) is 11.6 Å². The third-order valence-electron chi connectivity index (χ3n) is 4.06. The van der Waals surface area contributed by atoms with Gasteiger partial charge in [0, 0.05) is 22.8 Å². The Morgan fingerprint density at radius 3 is 2.50 bits per heavy atom. The van der Waals surface area contributed by atoms with Crippen LogP contribution in [-0.4, -0.2) is 31.5 Å². The van der Waals surface area contributed by atoms with Crippen LogP contribution < -0.4 is 9.62 Å². The van der Waals surface area contributed by atoms with Gasteiger partial charge < -0.3 is 5.32 Å². The number of hydrogen-bond acceptors (Lipinski definition) is 5. The highest BCUT2D eigenvalue weighted by molar-refractivity contribution is 7.92. The molecule has 0 aromatic heterocycles. The lowest BCUT2D eigenvalue weighted by molar-refractivity contribution is -0.384. The van der Waals surface area contributed by atoms with Crippen LogP contribution in [0.15, 0.2) is 42.5 Å². The number of anilines is 2. The maximum atomic E-state index is 12.8. The lowest BCUT2D eigenvalue weighted by atomic mass is 10.1. The molecule has 2 aromatic rings. The molecule has 0 radical (unpaired) electrons. The molecule has 2 rings (SSSR count). The van der Waals surface area contributed by atoms with Crippen molar-refractivity contribution in [2.75, 3.05) is 15.9 Å². The van der Waals surface area contributed by atoms with E-state index in [1.165, 1.54) is 30.3 Å². The monoisotopic (exact) mass is 425 g/mol. The summed E-state index contributed by atoms with van der Waals surface area (Å²) < 4.78 is 25.9. The molecule has 0 heterocycles. The van der Waals surface area contributed by atoms with Crippen LogP contribution in [0.25, 0.3) is 0 Å². The Balaban J connectivity index is 2.40. The number of halogens is 1. The second-order valence-electron chi connectivity index (χ2n) is 6.21. The minimum atomic E-state index is -3.81. The second-order valence-corrected chi connectivity index (χ2v) is 8.48. The van der Waals surface area contributed by atoms with Crippen LogP contribution in [0.1, 0.15) is 18.9 Å². The topological polar surface area (TPSA) is 110 Å². The van der Waals surface area contributed by atoms with E-state index >= 15 is 0 Å². The Bertz CT molecular complexity index is 1010. The lowest BCUT2D eigenvalue weighted by Crippen LogP contribution is -2.47. The van der Waals surface area contributed by atoms with Gasteiger partial charge in [-0.05, 0) is 37.1 Å². The average Bonchev–Trinajstić information content (AvgIpc) is 2.61. The highest BCUT2D eigenvalue weighted by atomic mass is 35.5. The van der Waals surface area contributed by atoms with Crippen LogP contribution in [0.2, 0.25) is 5.02 Å². The van der Waals surface area contributed by atoms with Crippen LogP contribution in [-0.2, 0) is 14.8 Å². The third kappa shape index (κ3) is 4.99. The first-order chi connectivity index (χ1) is 13.0. The number of carbonyl (C=O) groups is 1. The minimum absolute atomic E-state index is 0.180. The van der Waals surface area contributed by atoms with Crippen LogP contribution in [0.5, 0.6) is 0 Å². The van der Waals surface area contributed by atoms with E-state index in [9.17, 15) is 23.3 Å². The van der Waals surface area contributed by atoms with E-state index in [-0.39, 0.29) is 23.5 Å². The van der Waals surface area contributed by atoms with E-state index < -0.39 is 26.9 Å². The number of nitro benzene ring substituents is 1. The minimum Gasteiger partial charge on any atom is -0.324 e. The predicted molar refractivity (Wildman–Crippen MR) is 109 cm³/mol. The highest BCUT2D eigenvalue weighted by Crippen LogP contribution is 2.28. The van der Waals surface area contributed by atoms with E-state index in [1.54, 1.807) is 26.0 Å². The van der Waals surface area contributed by atoms with Crippen molar-refractivity contribution >= 4 is 44.6 Å². The third-order valence-corrected chi connectivity index (χ3v) is 5.65. The van der Waals surface area contributed by atoms with Gasteiger partial charge in [0.05, 0.1) is 16.9 Å². The standard InChI is InChI=1S/C18H20ClN3O5S/c1-4-17(18(23)20-13-6-5-7-15(10-13)22(24)25)21(28(3,26)27)14-9-8-12(2)16(19)11-14/h5-11,17H,4H2,1-3H3,(H,20,23)/t17-/m1/s1. The fourth-order valence-electron chi connectivity index (χ4n) is 2.70. The summed E-state index contributed by atoms with van der Waals surface area (Å²) in [7, 11) is -3.81. The average molecular weight is 426 g/mol. The quantitative estimate of drug-likeness (QED) is 0.536. The summed E-state index contributed by atoms with van der Waals surface area (Å²) in [6, 6.07) is 9.09. The Morgan fingerprint density at radius 1 is 1.29 bits per heavy atom. The molecule has 0 unspecified atom stereocenters. The molecule has 1 N–H and O–H groups in total. The number of amides is 1. The van der Waals surface area contributed by atoms with E-state index in [1.807, 2.05) is 0 Å². The number of rotatable bonds is 7. The van der Waals surface area contributed by atoms with Crippen molar-refractivity contribution in [2.24, 2.45) is 0 Å². The zero-order valence-corrected chi connectivity index (χ0v) is 17.1. The Labute approximate surface area is 168 Å². The molecular weight excluding hydrogens is 406 g/mol. The van der Waals surface area contributed by atoms with Crippen molar-refractivity contribution in [2.45, 2.75) is 26.3 Å². The molecule has 0 saturated carbocycles. The van der Waals surface area contributed by atoms with Crippen molar-refractivity contribution in [3.63, 3.8) is 0 Å². The molecule has 1 amide bonds. The van der Waals surface area contributed by atoms with E-state index in [0.29, 0.717) is 5.02 Å². The molecule has 1 atom stereocenters. The van der Waals surface area contributed by atoms with Gasteiger partial charge in [-0.3, -0.25) is 19.2 Å². The summed E-state index contributed by atoms with van der Waals surface area (Å²) in [6.45, 7) is 3.45. The van der Waals surface area contributed by atoms with E-state index in [0.717, 1.165) is 16.1 Å². The van der Waals surface area contributed by atoms with Gasteiger partial charge >= 0.3 is 0 Å². The van der Waals surface area contributed by atoms with Gasteiger partial charge in [-0.2, -0.15) is 0 Å². The number of nitrogens with one attached hydrogen (secondary N) is 1. The van der Waals surface area contributed by atoms with Crippen molar-refractivity contribution in [3.05, 3.63) is 63.2 Å². The lowest BCUT2D eigenvalue weighted by Gasteiger charge is -2.30. The number of benzene rings is 2. The molecule has 0 bridgehead atoms. The molecule has 0 saturated heterocycles. The summed E-state index contributed by atoms with van der Waals surface area (Å²) in [5.41, 5.74) is 1.05. The summed E-state index contributed by atoms with van der Waals surface area (Å²) in [4.78, 5) is 23.1. The number of nitrogens with zero attached hydrogens (tertiary/aromatic N) is 2. The molecule has 28 heavy (non-hydrogen) atoms. The summed E-state index contributed by atoms with van der Waals surface area (Å²) in [5.74, 6) is -0.606. The molecule has 0 spiro atoms. The summed E-state index contributed by atoms with van der Waals surface area (Å²) >= 11 is 6.13. The van der Waals surface area contributed by atoms with Gasteiger partial charge in [-0.25, -0.2) is 8.42 Å². The molecule has 0 aliphatic rings. The van der Waals surface area contributed by atoms with Crippen molar-refractivity contribution in [3.8, 4) is 0 Å². The first-order valence-electron chi connectivity index (χ1n) is 8.35. The Hall–Kier alpha value is -2.65. The fourth-order valence-corrected chi connectivity index (χ4v) is 4.08. The van der Waals surface area contributed by atoms with Crippen molar-refractivity contribution in [1.82, 2.24) is 0 Å². The van der Waals surface area contributed by atoms with Gasteiger partial charge in [-0.1, -0.05) is 30.7 Å². The van der Waals surface area contributed by atoms with Crippen LogP contribution in [0.3, 0.4) is 0 Å². The number of hydrogen-bond donors (Lipinski definition) is 1. The highest BCUT2D eigenvalue weighted by Gasteiger charge is 2.32. The number of carbonyl (C=O) groups excluding carboxylic acids is 1. The summed E-state index contributed by atoms with van der Waals surface area (Å²) in [6.07, 6.45) is 1.18. The first-order valence-corrected chi connectivity index (χ1v) is 10.6. The van der Waals surface area contributed by atoms with Gasteiger partial charge in [0.2, 0.25) is 15.9 Å². The van der Waals surface area contributed by atoms with Gasteiger partial charge in [0.15, 0.2) is 0 Å². The molecule has 8 nitrogen and oxygen atoms in total. The van der Waals surface area contributed by atoms with Crippen LogP contribution >= 0.6 is 11.6 Å². The first kappa shape index (κ1) is 21.6. The van der Waals surface area contributed by atoms with Gasteiger partial charge in [0.1, 0.15) is 6.04 Å². The zero-order chi connectivity index (χ0) is 21.1. The van der Waals surface area contributed by atoms with Crippen molar-refractivity contribution < 1.29 is 18.1 Å². The van der Waals surface area contributed by atoms with Crippen LogP contribution in [0.4, 0.5) is 17.1 Å². The van der Waals surface area contributed by atoms with Crippen molar-refractivity contribution in [1.29, 1.82) is 0 Å². The molecular formula is C18H20ClN3O5S. The molecule has 10 heteroatoms. The SMILES string of the molecule is CC[C@H](C(=O)Nc1cccc([N+](=O)[O-])c1)N(c1ccc(C)c(Cl)c1)S(C)(=O)=O. The number of nitro groups is 1. The number of sulfonamides is 1. The molecule has 0 aliphatic carbocycles. The number of aryl methyl sites for hydroxylation is 1. The second kappa shape index (κ2) is 8.57. The van der Waals surface area contributed by atoms with Crippen LogP contribution in [0, 0.1) is 17.0 Å². The fraction of sp³-hybridized carbons (Fsp3) is 0.278. The normalized spacial score (nSPS) is 12.3. The number of non-ortho nitro benzene ring substituents is 1. The molecule has 150 valence electrons. The Morgan fingerprint density at radius 2 is 1.96 bits per heavy atom. The molecule has 0 aliphatic heterocycles. The maximum Gasteiger partial charge on any atom is 0.271 e. The molecule has 0 fully saturated rings. The largest absolute Gasteiger partial charge is 0.324 e. The van der Waals surface area contributed by atoms with E-state index in [2.05, 4.69) is 5.32 Å². The van der Waals surface area contributed by atoms with Gasteiger partial charge in [0.25, 0.3) is 5.69 Å². The maximum absolute atomic E-state index is 12.8. The van der Waals surface area contributed by atoms with Gasteiger partial charge in [-0.15, -0.1) is 0 Å². The smallest absolute Gasteiger partial charge is 0.271 e. The predicted octanol–water partition coefficient (Wildman–Crippen LogP) is 3.74. The zero-order valence-electron chi connectivity index (χ0n) is 15.5. The summed E-state index contributed by atoms with van der Waals surface area (Å²) in [5, 5.41) is 13.8. The Kier molecular flexibility index (Phi) is 6.63. The molecule has 2 aromatic carbocycles.